The van der Waals surface area contributed by atoms with Gasteiger partial charge in [-0.1, -0.05) is 32.0 Å². The van der Waals surface area contributed by atoms with Crippen LogP contribution in [-0.4, -0.2) is 48.9 Å². The van der Waals surface area contributed by atoms with E-state index in [-0.39, 0.29) is 23.7 Å². The van der Waals surface area contributed by atoms with Crippen molar-refractivity contribution in [2.45, 2.75) is 39.2 Å². The van der Waals surface area contributed by atoms with E-state index in [4.69, 9.17) is 9.47 Å². The lowest BCUT2D eigenvalue weighted by molar-refractivity contribution is 0.0909. The molecule has 0 radical (unpaired) electrons. The second-order valence-electron chi connectivity index (χ2n) is 9.02. The quantitative estimate of drug-likeness (QED) is 0.477. The monoisotopic (exact) mass is 448 g/mol. The predicted octanol–water partition coefficient (Wildman–Crippen LogP) is 4.46. The highest BCUT2D eigenvalue weighted by atomic mass is 16.5. The number of ketones is 1. The number of hydrogen-bond donors (Lipinski definition) is 1. The van der Waals surface area contributed by atoms with Gasteiger partial charge in [-0.25, -0.2) is 0 Å². The second kappa shape index (κ2) is 10.7. The molecule has 1 fully saturated rings. The first kappa shape index (κ1) is 23.1. The third-order valence-corrected chi connectivity index (χ3v) is 5.97. The van der Waals surface area contributed by atoms with Crippen LogP contribution < -0.4 is 14.8 Å². The van der Waals surface area contributed by atoms with Gasteiger partial charge in [-0.15, -0.1) is 0 Å². The number of benzene rings is 2. The van der Waals surface area contributed by atoms with Gasteiger partial charge in [0.25, 0.3) is 5.91 Å². The number of hydrogen-bond acceptors (Lipinski definition) is 5. The van der Waals surface area contributed by atoms with Crippen LogP contribution >= 0.6 is 0 Å². The van der Waals surface area contributed by atoms with Crippen LogP contribution in [0.5, 0.6) is 11.5 Å². The maximum Gasteiger partial charge on any atom is 0.251 e. The number of ether oxygens (including phenoxy) is 2. The molecule has 0 bridgehead atoms. The second-order valence-corrected chi connectivity index (χ2v) is 9.02. The number of rotatable bonds is 8. The number of allylic oxidation sites excluding steroid dienone is 2. The highest BCUT2D eigenvalue weighted by Gasteiger charge is 2.27. The molecular formula is C27H32N2O4. The normalized spacial score (nSPS) is 17.8. The minimum atomic E-state index is -0.0615. The van der Waals surface area contributed by atoms with Gasteiger partial charge in [-0.05, 0) is 55.5 Å². The summed E-state index contributed by atoms with van der Waals surface area (Å²) < 4.78 is 11.6. The lowest BCUT2D eigenvalue weighted by Crippen LogP contribution is -2.45. The Hall–Kier alpha value is -3.12. The van der Waals surface area contributed by atoms with Crippen LogP contribution in [0.3, 0.4) is 0 Å². The van der Waals surface area contributed by atoms with Gasteiger partial charge in [0.05, 0.1) is 12.2 Å². The van der Waals surface area contributed by atoms with Crippen LogP contribution in [0.2, 0.25) is 0 Å². The Morgan fingerprint density at radius 1 is 1.18 bits per heavy atom. The molecule has 0 saturated carbocycles. The lowest BCUT2D eigenvalue weighted by atomic mass is 10.0. The largest absolute Gasteiger partial charge is 0.493 e. The molecule has 0 spiro atoms. The first-order valence-corrected chi connectivity index (χ1v) is 11.8. The molecule has 33 heavy (non-hydrogen) atoms. The highest BCUT2D eigenvalue weighted by Crippen LogP contribution is 2.34. The van der Waals surface area contributed by atoms with Crippen molar-refractivity contribution in [3.05, 3.63) is 71.5 Å². The summed E-state index contributed by atoms with van der Waals surface area (Å²) in [5.74, 6) is 1.89. The Kier molecular flexibility index (Phi) is 7.45. The van der Waals surface area contributed by atoms with Gasteiger partial charge in [0.15, 0.2) is 5.76 Å². The van der Waals surface area contributed by atoms with Crippen LogP contribution in [0.25, 0.3) is 0 Å². The van der Waals surface area contributed by atoms with Gasteiger partial charge >= 0.3 is 0 Å². The number of amides is 1. The Morgan fingerprint density at radius 2 is 1.94 bits per heavy atom. The topological polar surface area (TPSA) is 67.9 Å². The summed E-state index contributed by atoms with van der Waals surface area (Å²) in [4.78, 5) is 27.1. The number of carbonyl (C=O) groups is 2. The molecule has 174 valence electrons. The summed E-state index contributed by atoms with van der Waals surface area (Å²) in [5, 5.41) is 3.15. The fourth-order valence-electron chi connectivity index (χ4n) is 4.21. The molecule has 2 aromatic rings. The van der Waals surface area contributed by atoms with E-state index in [1.54, 1.807) is 12.1 Å². The number of nitrogens with one attached hydrogen (secondary N) is 1. The minimum Gasteiger partial charge on any atom is -0.493 e. The summed E-state index contributed by atoms with van der Waals surface area (Å²) in [6.45, 7) is 7.54. The van der Waals surface area contributed by atoms with E-state index in [9.17, 15) is 9.59 Å². The Labute approximate surface area is 195 Å². The fraction of sp³-hybridized carbons (Fsp3) is 0.407. The van der Waals surface area contributed by atoms with E-state index < -0.39 is 0 Å². The number of likely N-dealkylation sites (tertiary alicyclic amines) is 1. The van der Waals surface area contributed by atoms with Crippen molar-refractivity contribution in [1.82, 2.24) is 10.2 Å². The average molecular weight is 449 g/mol. The van der Waals surface area contributed by atoms with Crippen molar-refractivity contribution >= 4 is 11.7 Å². The van der Waals surface area contributed by atoms with E-state index in [1.807, 2.05) is 56.3 Å². The summed E-state index contributed by atoms with van der Waals surface area (Å²) in [5.41, 5.74) is 1.31. The zero-order valence-corrected chi connectivity index (χ0v) is 19.4. The van der Waals surface area contributed by atoms with E-state index >= 15 is 0 Å². The molecule has 6 nitrogen and oxygen atoms in total. The molecular weight excluding hydrogens is 416 g/mol. The molecule has 0 unspecified atom stereocenters. The first-order valence-electron chi connectivity index (χ1n) is 11.8. The van der Waals surface area contributed by atoms with Crippen LogP contribution in [0.15, 0.2) is 60.4 Å². The Bertz CT molecular complexity index is 1010. The Balaban J connectivity index is 1.16. The van der Waals surface area contributed by atoms with Gasteiger partial charge in [-0.2, -0.15) is 0 Å². The van der Waals surface area contributed by atoms with Crippen molar-refractivity contribution < 1.29 is 19.1 Å². The SMILES string of the molecule is CC(C)C=C1Oc2cc(OCCCN3CCC(NC(=O)c4ccccc4)CC3)ccc2C1=O. The Morgan fingerprint density at radius 3 is 2.67 bits per heavy atom. The van der Waals surface area contributed by atoms with Crippen molar-refractivity contribution in [3.8, 4) is 11.5 Å². The summed E-state index contributed by atoms with van der Waals surface area (Å²) in [6.07, 6.45) is 4.68. The van der Waals surface area contributed by atoms with Crippen molar-refractivity contribution in [1.29, 1.82) is 0 Å². The molecule has 0 aliphatic carbocycles. The van der Waals surface area contributed by atoms with E-state index in [0.29, 0.717) is 29.2 Å². The molecule has 2 heterocycles. The van der Waals surface area contributed by atoms with Gasteiger partial charge in [0.1, 0.15) is 11.5 Å². The van der Waals surface area contributed by atoms with Crippen LogP contribution in [-0.2, 0) is 0 Å². The highest BCUT2D eigenvalue weighted by molar-refractivity contribution is 6.12. The summed E-state index contributed by atoms with van der Waals surface area (Å²) >= 11 is 0. The molecule has 4 rings (SSSR count). The third kappa shape index (κ3) is 6.02. The first-order chi connectivity index (χ1) is 16.0. The van der Waals surface area contributed by atoms with Crippen LogP contribution in [0, 0.1) is 5.92 Å². The van der Waals surface area contributed by atoms with E-state index in [2.05, 4.69) is 10.2 Å². The molecule has 1 N–H and O–H groups in total. The predicted molar refractivity (Wildman–Crippen MR) is 128 cm³/mol. The van der Waals surface area contributed by atoms with E-state index in [1.165, 1.54) is 0 Å². The molecule has 0 aromatic heterocycles. The van der Waals surface area contributed by atoms with Crippen molar-refractivity contribution in [2.75, 3.05) is 26.2 Å². The molecule has 2 aliphatic heterocycles. The van der Waals surface area contributed by atoms with Gasteiger partial charge in [-0.3, -0.25) is 9.59 Å². The standard InChI is InChI=1S/C27H32N2O4/c1-19(2)17-25-26(30)23-10-9-22(18-24(23)33-25)32-16-6-13-29-14-11-21(12-15-29)28-27(31)20-7-4-3-5-8-20/h3-5,7-10,17-19,21H,6,11-16H2,1-2H3,(H,28,31). The van der Waals surface area contributed by atoms with Crippen molar-refractivity contribution in [2.24, 2.45) is 5.92 Å². The van der Waals surface area contributed by atoms with Crippen LogP contribution in [0.4, 0.5) is 0 Å². The number of Topliss-reactive ketones (excluding diaryl/α,β-unsaturated/α-hetero) is 1. The third-order valence-electron chi connectivity index (χ3n) is 5.97. The van der Waals surface area contributed by atoms with Crippen molar-refractivity contribution in [3.63, 3.8) is 0 Å². The van der Waals surface area contributed by atoms with E-state index in [0.717, 1.165) is 44.6 Å². The summed E-state index contributed by atoms with van der Waals surface area (Å²) in [6, 6.07) is 15.0. The molecule has 2 aliphatic rings. The smallest absolute Gasteiger partial charge is 0.251 e. The fourth-order valence-corrected chi connectivity index (χ4v) is 4.21. The summed E-state index contributed by atoms with van der Waals surface area (Å²) in [7, 11) is 0. The van der Waals surface area contributed by atoms with Gasteiger partial charge in [0.2, 0.25) is 5.78 Å². The number of nitrogens with zero attached hydrogens (tertiary/aromatic N) is 1. The molecule has 2 aromatic carbocycles. The lowest BCUT2D eigenvalue weighted by Gasteiger charge is -2.32. The zero-order chi connectivity index (χ0) is 23.2. The number of piperidine rings is 1. The minimum absolute atomic E-state index is 0.00860. The maximum absolute atomic E-state index is 12.4. The maximum atomic E-state index is 12.4. The molecule has 0 atom stereocenters. The van der Waals surface area contributed by atoms with Gasteiger partial charge < -0.3 is 19.7 Å². The van der Waals surface area contributed by atoms with Gasteiger partial charge in [0, 0.05) is 37.3 Å². The number of fused-ring (bicyclic) bond motifs is 1. The zero-order valence-electron chi connectivity index (χ0n) is 19.4. The molecule has 6 heteroatoms. The molecule has 1 saturated heterocycles. The molecule has 1 amide bonds. The number of carbonyl (C=O) groups excluding carboxylic acids is 2. The average Bonchev–Trinajstić information content (AvgIpc) is 3.12. The van der Waals surface area contributed by atoms with Crippen LogP contribution in [0.1, 0.15) is 53.8 Å².